The third-order valence-corrected chi connectivity index (χ3v) is 4.98. The zero-order valence-electron chi connectivity index (χ0n) is 15.8. The van der Waals surface area contributed by atoms with Crippen molar-refractivity contribution in [3.05, 3.63) is 54.7 Å². The van der Waals surface area contributed by atoms with Crippen LogP contribution in [-0.2, 0) is 7.05 Å². The Bertz CT molecular complexity index is 1160. The molecule has 7 nitrogen and oxygen atoms in total. The minimum atomic E-state index is 0.528. The number of pyridine rings is 1. The number of fused-ring (bicyclic) bond motifs is 1. The third-order valence-electron chi connectivity index (χ3n) is 4.98. The maximum atomic E-state index is 5.59. The van der Waals surface area contributed by atoms with Crippen LogP contribution in [0.25, 0.3) is 22.0 Å². The highest BCUT2D eigenvalue weighted by atomic mass is 16.5. The fourth-order valence-electron chi connectivity index (χ4n) is 3.36. The van der Waals surface area contributed by atoms with Crippen LogP contribution in [-0.4, -0.2) is 31.8 Å². The number of ether oxygens (including phenoxy) is 1. The lowest BCUT2D eigenvalue weighted by Gasteiger charge is -2.12. The highest BCUT2D eigenvalue weighted by Crippen LogP contribution is 2.41. The summed E-state index contributed by atoms with van der Waals surface area (Å²) in [5.41, 5.74) is 4.88. The maximum Gasteiger partial charge on any atom is 0.227 e. The van der Waals surface area contributed by atoms with Crippen LogP contribution >= 0.6 is 0 Å². The smallest absolute Gasteiger partial charge is 0.227 e. The number of rotatable bonds is 5. The lowest BCUT2D eigenvalue weighted by molar-refractivity contribution is 0.417. The fourth-order valence-corrected chi connectivity index (χ4v) is 3.36. The Morgan fingerprint density at radius 1 is 1.11 bits per heavy atom. The van der Waals surface area contributed by atoms with Crippen LogP contribution in [0.3, 0.4) is 0 Å². The van der Waals surface area contributed by atoms with Crippen LogP contribution in [0.5, 0.6) is 5.75 Å². The molecular weight excluding hydrogens is 352 g/mol. The zero-order valence-corrected chi connectivity index (χ0v) is 15.8. The molecular formula is C21H20N6O. The molecule has 1 N–H and O–H groups in total. The number of methoxy groups -OCH3 is 1. The van der Waals surface area contributed by atoms with Crippen molar-refractivity contribution in [2.45, 2.75) is 18.8 Å². The van der Waals surface area contributed by atoms with E-state index in [2.05, 4.69) is 20.4 Å². The Morgan fingerprint density at radius 3 is 2.75 bits per heavy atom. The summed E-state index contributed by atoms with van der Waals surface area (Å²) >= 11 is 0. The highest BCUT2D eigenvalue weighted by molar-refractivity contribution is 5.82. The number of hydrogen-bond donors (Lipinski definition) is 1. The predicted octanol–water partition coefficient (Wildman–Crippen LogP) is 4.05. The summed E-state index contributed by atoms with van der Waals surface area (Å²) in [6.45, 7) is 0. The molecule has 4 aromatic rings. The fraction of sp³-hybridized carbons (Fsp3) is 0.238. The first kappa shape index (κ1) is 16.7. The van der Waals surface area contributed by atoms with E-state index in [1.165, 1.54) is 12.8 Å². The van der Waals surface area contributed by atoms with Crippen molar-refractivity contribution < 1.29 is 4.74 Å². The second-order valence-corrected chi connectivity index (χ2v) is 7.04. The third kappa shape index (κ3) is 3.05. The summed E-state index contributed by atoms with van der Waals surface area (Å²) in [5.74, 6) is 1.79. The van der Waals surface area contributed by atoms with E-state index in [0.29, 0.717) is 11.9 Å². The van der Waals surface area contributed by atoms with Gasteiger partial charge in [0.15, 0.2) is 0 Å². The Hall–Kier alpha value is -3.48. The summed E-state index contributed by atoms with van der Waals surface area (Å²) in [6, 6.07) is 7.94. The Morgan fingerprint density at radius 2 is 2.00 bits per heavy atom. The molecule has 0 radical (unpaired) electrons. The number of nitrogens with zero attached hydrogens (tertiary/aromatic N) is 5. The molecule has 0 atom stereocenters. The topological polar surface area (TPSA) is 77.8 Å². The van der Waals surface area contributed by atoms with Gasteiger partial charge in [-0.15, -0.1) is 0 Å². The van der Waals surface area contributed by atoms with Gasteiger partial charge in [0.05, 0.1) is 30.2 Å². The second kappa shape index (κ2) is 6.60. The van der Waals surface area contributed by atoms with Gasteiger partial charge >= 0.3 is 0 Å². The normalized spacial score (nSPS) is 13.6. The number of benzene rings is 1. The molecule has 0 saturated heterocycles. The number of aromatic nitrogens is 5. The van der Waals surface area contributed by atoms with E-state index in [0.717, 1.165) is 39.2 Å². The molecule has 3 aromatic heterocycles. The van der Waals surface area contributed by atoms with Crippen LogP contribution in [0.1, 0.15) is 24.5 Å². The summed E-state index contributed by atoms with van der Waals surface area (Å²) < 4.78 is 7.37. The summed E-state index contributed by atoms with van der Waals surface area (Å²) in [5, 5.41) is 8.53. The van der Waals surface area contributed by atoms with Crippen molar-refractivity contribution in [3.63, 3.8) is 0 Å². The monoisotopic (exact) mass is 372 g/mol. The van der Waals surface area contributed by atoms with E-state index in [1.807, 2.05) is 56.1 Å². The van der Waals surface area contributed by atoms with E-state index >= 15 is 0 Å². The molecule has 1 fully saturated rings. The summed E-state index contributed by atoms with van der Waals surface area (Å²) in [6.07, 6.45) is 9.85. The van der Waals surface area contributed by atoms with Crippen LogP contribution in [0, 0.1) is 0 Å². The number of anilines is 2. The lowest BCUT2D eigenvalue weighted by atomic mass is 10.1. The van der Waals surface area contributed by atoms with Crippen LogP contribution in [0.2, 0.25) is 0 Å². The zero-order chi connectivity index (χ0) is 19.1. The molecule has 7 heteroatoms. The van der Waals surface area contributed by atoms with Gasteiger partial charge in [0.1, 0.15) is 5.75 Å². The Balaban J connectivity index is 1.49. The summed E-state index contributed by atoms with van der Waals surface area (Å²) in [7, 11) is 3.56. The molecule has 1 aliphatic rings. The molecule has 28 heavy (non-hydrogen) atoms. The van der Waals surface area contributed by atoms with Gasteiger partial charge in [0.25, 0.3) is 0 Å². The SMILES string of the molecule is COc1cc(-c2cnn(C)c2)ccc1Nc1ncc2ccnc(C3CC3)c2n1. The molecule has 0 spiro atoms. The van der Waals surface area contributed by atoms with Crippen LogP contribution in [0.4, 0.5) is 11.6 Å². The Labute approximate surface area is 162 Å². The molecule has 0 bridgehead atoms. The van der Waals surface area contributed by atoms with Crippen molar-refractivity contribution in [2.75, 3.05) is 12.4 Å². The van der Waals surface area contributed by atoms with Crippen molar-refractivity contribution in [1.29, 1.82) is 0 Å². The van der Waals surface area contributed by atoms with E-state index in [-0.39, 0.29) is 0 Å². The molecule has 0 amide bonds. The minimum absolute atomic E-state index is 0.528. The predicted molar refractivity (Wildman–Crippen MR) is 108 cm³/mol. The average Bonchev–Trinajstić information content (AvgIpc) is 3.48. The van der Waals surface area contributed by atoms with Gasteiger partial charge in [-0.05, 0) is 36.6 Å². The van der Waals surface area contributed by atoms with E-state index < -0.39 is 0 Å². The molecule has 0 unspecified atom stereocenters. The summed E-state index contributed by atoms with van der Waals surface area (Å²) in [4.78, 5) is 13.7. The van der Waals surface area contributed by atoms with Crippen molar-refractivity contribution in [2.24, 2.45) is 7.05 Å². The van der Waals surface area contributed by atoms with E-state index in [9.17, 15) is 0 Å². The standard InChI is InChI=1S/C21H20N6O/c1-27-12-16(11-24-27)14-5-6-17(18(9-14)28-2)25-21-23-10-15-7-8-22-19(13-3-4-13)20(15)26-21/h5-13H,3-4H2,1-2H3,(H,23,25,26). The first-order chi connectivity index (χ1) is 13.7. The van der Waals surface area contributed by atoms with Gasteiger partial charge in [-0.25, -0.2) is 9.97 Å². The Kier molecular flexibility index (Phi) is 3.93. The second-order valence-electron chi connectivity index (χ2n) is 7.04. The van der Waals surface area contributed by atoms with Gasteiger partial charge < -0.3 is 10.1 Å². The highest BCUT2D eigenvalue weighted by Gasteiger charge is 2.27. The van der Waals surface area contributed by atoms with Crippen molar-refractivity contribution in [1.82, 2.24) is 24.7 Å². The van der Waals surface area contributed by atoms with Gasteiger partial charge in [-0.2, -0.15) is 5.10 Å². The quantitative estimate of drug-likeness (QED) is 0.569. The maximum absolute atomic E-state index is 5.59. The van der Waals surface area contributed by atoms with Gasteiger partial charge in [-0.1, -0.05) is 6.07 Å². The first-order valence-corrected chi connectivity index (χ1v) is 9.27. The largest absolute Gasteiger partial charge is 0.495 e. The number of aryl methyl sites for hydroxylation is 1. The molecule has 1 aliphatic carbocycles. The molecule has 3 heterocycles. The molecule has 1 aromatic carbocycles. The molecule has 140 valence electrons. The van der Waals surface area contributed by atoms with E-state index in [1.54, 1.807) is 11.8 Å². The average molecular weight is 372 g/mol. The van der Waals surface area contributed by atoms with Gasteiger partial charge in [0.2, 0.25) is 5.95 Å². The molecule has 0 aliphatic heterocycles. The molecule has 1 saturated carbocycles. The molecule has 5 rings (SSSR count). The van der Waals surface area contributed by atoms with E-state index in [4.69, 9.17) is 9.72 Å². The van der Waals surface area contributed by atoms with Crippen LogP contribution < -0.4 is 10.1 Å². The van der Waals surface area contributed by atoms with Crippen LogP contribution in [0.15, 0.2) is 49.1 Å². The van der Waals surface area contributed by atoms with Crippen molar-refractivity contribution >= 4 is 22.5 Å². The number of nitrogens with one attached hydrogen (secondary N) is 1. The minimum Gasteiger partial charge on any atom is -0.495 e. The lowest BCUT2D eigenvalue weighted by Crippen LogP contribution is -2.01. The number of hydrogen-bond acceptors (Lipinski definition) is 6. The van der Waals surface area contributed by atoms with Crippen molar-refractivity contribution in [3.8, 4) is 16.9 Å². The van der Waals surface area contributed by atoms with Gasteiger partial charge in [-0.3, -0.25) is 9.67 Å². The van der Waals surface area contributed by atoms with Gasteiger partial charge in [0, 0.05) is 42.5 Å². The first-order valence-electron chi connectivity index (χ1n) is 9.27.